The van der Waals surface area contributed by atoms with Gasteiger partial charge in [0.1, 0.15) is 5.75 Å². The Balaban J connectivity index is 1.42. The predicted octanol–water partition coefficient (Wildman–Crippen LogP) is 4.95. The van der Waals surface area contributed by atoms with Gasteiger partial charge in [0.05, 0.1) is 0 Å². The largest absolute Gasteiger partial charge is 0.427 e. The first kappa shape index (κ1) is 21.8. The fourth-order valence-electron chi connectivity index (χ4n) is 3.53. The SMILES string of the molecule is CC(=O)Oc1cccc(C(=O)NCc2cccc(NC(=O)c3cccc4ccccc34)c2)c1. The van der Waals surface area contributed by atoms with Crippen LogP contribution in [0.15, 0.2) is 91.0 Å². The predicted molar refractivity (Wildman–Crippen MR) is 127 cm³/mol. The highest BCUT2D eigenvalue weighted by atomic mass is 16.5. The fraction of sp³-hybridized carbons (Fsp3) is 0.0741. The first-order chi connectivity index (χ1) is 16.0. The summed E-state index contributed by atoms with van der Waals surface area (Å²) >= 11 is 0. The summed E-state index contributed by atoms with van der Waals surface area (Å²) in [7, 11) is 0. The third-order valence-electron chi connectivity index (χ3n) is 5.03. The lowest BCUT2D eigenvalue weighted by Gasteiger charge is -2.11. The van der Waals surface area contributed by atoms with Crippen molar-refractivity contribution in [3.05, 3.63) is 108 Å². The second-order valence-electron chi connectivity index (χ2n) is 7.49. The molecule has 0 aliphatic heterocycles. The fourth-order valence-corrected chi connectivity index (χ4v) is 3.53. The monoisotopic (exact) mass is 438 g/mol. The highest BCUT2D eigenvalue weighted by Crippen LogP contribution is 2.20. The minimum Gasteiger partial charge on any atom is -0.427 e. The van der Waals surface area contributed by atoms with E-state index in [1.807, 2.05) is 54.6 Å². The molecule has 0 saturated carbocycles. The summed E-state index contributed by atoms with van der Waals surface area (Å²) in [6, 6.07) is 27.1. The number of rotatable bonds is 6. The van der Waals surface area contributed by atoms with E-state index in [2.05, 4.69) is 10.6 Å². The third-order valence-corrected chi connectivity index (χ3v) is 5.03. The summed E-state index contributed by atoms with van der Waals surface area (Å²) in [4.78, 5) is 36.5. The van der Waals surface area contributed by atoms with Gasteiger partial charge in [0.15, 0.2) is 0 Å². The van der Waals surface area contributed by atoms with Crippen molar-refractivity contribution in [2.45, 2.75) is 13.5 Å². The van der Waals surface area contributed by atoms with Crippen molar-refractivity contribution in [2.24, 2.45) is 0 Å². The van der Waals surface area contributed by atoms with E-state index in [1.165, 1.54) is 13.0 Å². The summed E-state index contributed by atoms with van der Waals surface area (Å²) in [6.07, 6.45) is 0. The molecule has 4 aromatic rings. The van der Waals surface area contributed by atoms with Gasteiger partial charge in [0.2, 0.25) is 0 Å². The molecule has 0 fully saturated rings. The van der Waals surface area contributed by atoms with E-state index >= 15 is 0 Å². The molecule has 0 aromatic heterocycles. The first-order valence-corrected chi connectivity index (χ1v) is 10.4. The number of ether oxygens (including phenoxy) is 1. The minimum absolute atomic E-state index is 0.199. The van der Waals surface area contributed by atoms with Crippen molar-refractivity contribution in [1.29, 1.82) is 0 Å². The molecular formula is C27H22N2O4. The van der Waals surface area contributed by atoms with Crippen LogP contribution in [-0.4, -0.2) is 17.8 Å². The lowest BCUT2D eigenvalue weighted by Crippen LogP contribution is -2.23. The number of amides is 2. The molecule has 0 saturated heterocycles. The Bertz CT molecular complexity index is 1340. The lowest BCUT2D eigenvalue weighted by atomic mass is 10.0. The molecule has 0 aliphatic rings. The van der Waals surface area contributed by atoms with Gasteiger partial charge in [-0.15, -0.1) is 0 Å². The zero-order chi connectivity index (χ0) is 23.2. The van der Waals surface area contributed by atoms with E-state index in [9.17, 15) is 14.4 Å². The highest BCUT2D eigenvalue weighted by Gasteiger charge is 2.11. The zero-order valence-corrected chi connectivity index (χ0v) is 18.0. The number of esters is 1. The topological polar surface area (TPSA) is 84.5 Å². The summed E-state index contributed by atoms with van der Waals surface area (Å²) < 4.78 is 5.02. The van der Waals surface area contributed by atoms with E-state index in [0.29, 0.717) is 22.6 Å². The second-order valence-corrected chi connectivity index (χ2v) is 7.49. The van der Waals surface area contributed by atoms with Crippen molar-refractivity contribution >= 4 is 34.2 Å². The average Bonchev–Trinajstić information content (AvgIpc) is 2.82. The number of anilines is 1. The number of carbonyl (C=O) groups is 3. The molecule has 4 rings (SSSR count). The lowest BCUT2D eigenvalue weighted by molar-refractivity contribution is -0.131. The number of carbonyl (C=O) groups excluding carboxylic acids is 3. The minimum atomic E-state index is -0.449. The van der Waals surface area contributed by atoms with Gasteiger partial charge in [-0.1, -0.05) is 54.6 Å². The Morgan fingerprint density at radius 3 is 2.39 bits per heavy atom. The van der Waals surface area contributed by atoms with Gasteiger partial charge in [0, 0.05) is 30.3 Å². The molecule has 0 bridgehead atoms. The normalized spacial score (nSPS) is 10.5. The summed E-state index contributed by atoms with van der Waals surface area (Å²) in [5, 5.41) is 7.66. The van der Waals surface area contributed by atoms with Gasteiger partial charge in [-0.3, -0.25) is 14.4 Å². The Morgan fingerprint density at radius 2 is 1.55 bits per heavy atom. The van der Waals surface area contributed by atoms with Crippen LogP contribution in [-0.2, 0) is 11.3 Å². The van der Waals surface area contributed by atoms with Gasteiger partial charge >= 0.3 is 5.97 Å². The molecule has 2 amide bonds. The number of benzene rings is 4. The maximum atomic E-state index is 12.9. The van der Waals surface area contributed by atoms with Crippen LogP contribution in [0.4, 0.5) is 5.69 Å². The number of hydrogen-bond acceptors (Lipinski definition) is 4. The van der Waals surface area contributed by atoms with Gasteiger partial charge in [-0.25, -0.2) is 0 Å². The number of fused-ring (bicyclic) bond motifs is 1. The molecule has 0 heterocycles. The van der Waals surface area contributed by atoms with E-state index in [0.717, 1.165) is 16.3 Å². The molecule has 6 nitrogen and oxygen atoms in total. The van der Waals surface area contributed by atoms with Crippen molar-refractivity contribution < 1.29 is 19.1 Å². The Morgan fingerprint density at radius 1 is 0.788 bits per heavy atom. The van der Waals surface area contributed by atoms with Gasteiger partial charge in [-0.2, -0.15) is 0 Å². The zero-order valence-electron chi connectivity index (χ0n) is 18.0. The van der Waals surface area contributed by atoms with Crippen LogP contribution < -0.4 is 15.4 Å². The van der Waals surface area contributed by atoms with E-state index in [-0.39, 0.29) is 18.4 Å². The van der Waals surface area contributed by atoms with Crippen molar-refractivity contribution in [2.75, 3.05) is 5.32 Å². The molecule has 4 aromatic carbocycles. The smallest absolute Gasteiger partial charge is 0.308 e. The molecule has 0 spiro atoms. The summed E-state index contributed by atoms with van der Waals surface area (Å²) in [5.74, 6) is -0.632. The Hall–Kier alpha value is -4.45. The Labute approximate surface area is 191 Å². The van der Waals surface area contributed by atoms with Crippen LogP contribution in [0.2, 0.25) is 0 Å². The van der Waals surface area contributed by atoms with Crippen LogP contribution in [0.5, 0.6) is 5.75 Å². The van der Waals surface area contributed by atoms with Gasteiger partial charge in [0.25, 0.3) is 11.8 Å². The van der Waals surface area contributed by atoms with Crippen LogP contribution in [0.25, 0.3) is 10.8 Å². The van der Waals surface area contributed by atoms with Gasteiger partial charge < -0.3 is 15.4 Å². The van der Waals surface area contributed by atoms with Crippen molar-refractivity contribution in [3.63, 3.8) is 0 Å². The van der Waals surface area contributed by atoms with E-state index < -0.39 is 5.97 Å². The van der Waals surface area contributed by atoms with Crippen LogP contribution in [0.3, 0.4) is 0 Å². The van der Waals surface area contributed by atoms with Gasteiger partial charge in [-0.05, 0) is 52.7 Å². The van der Waals surface area contributed by atoms with Crippen molar-refractivity contribution in [1.82, 2.24) is 5.32 Å². The maximum Gasteiger partial charge on any atom is 0.308 e. The highest BCUT2D eigenvalue weighted by molar-refractivity contribution is 6.12. The second kappa shape index (κ2) is 9.78. The number of nitrogens with one attached hydrogen (secondary N) is 2. The molecule has 0 radical (unpaired) electrons. The van der Waals surface area contributed by atoms with Crippen LogP contribution >= 0.6 is 0 Å². The van der Waals surface area contributed by atoms with E-state index in [1.54, 1.807) is 30.3 Å². The standard InChI is InChI=1S/C27H22N2O4/c1-18(30)33-23-12-5-10-21(16-23)26(31)28-17-19-7-4-11-22(15-19)29-27(32)25-14-6-9-20-8-2-3-13-24(20)25/h2-16H,17H2,1H3,(H,28,31)(H,29,32). The van der Waals surface area contributed by atoms with Crippen LogP contribution in [0, 0.1) is 0 Å². The average molecular weight is 438 g/mol. The van der Waals surface area contributed by atoms with Crippen LogP contribution in [0.1, 0.15) is 33.2 Å². The molecular weight excluding hydrogens is 416 g/mol. The molecule has 33 heavy (non-hydrogen) atoms. The third kappa shape index (κ3) is 5.43. The first-order valence-electron chi connectivity index (χ1n) is 10.4. The van der Waals surface area contributed by atoms with Crippen molar-refractivity contribution in [3.8, 4) is 5.75 Å². The maximum absolute atomic E-state index is 12.9. The van der Waals surface area contributed by atoms with E-state index in [4.69, 9.17) is 4.74 Å². The molecule has 0 aliphatic carbocycles. The molecule has 0 unspecified atom stereocenters. The molecule has 0 atom stereocenters. The molecule has 6 heteroatoms. The quantitative estimate of drug-likeness (QED) is 0.330. The summed E-state index contributed by atoms with van der Waals surface area (Å²) in [5.41, 5.74) is 2.44. The number of hydrogen-bond donors (Lipinski definition) is 2. The summed E-state index contributed by atoms with van der Waals surface area (Å²) in [6.45, 7) is 1.58. The molecule has 164 valence electrons. The Kier molecular flexibility index (Phi) is 6.45. The molecule has 2 N–H and O–H groups in total.